The van der Waals surface area contributed by atoms with E-state index in [0.29, 0.717) is 29.6 Å². The van der Waals surface area contributed by atoms with Crippen LogP contribution in [0.25, 0.3) is 16.9 Å². The van der Waals surface area contributed by atoms with E-state index in [1.807, 2.05) is 54.6 Å². The number of rotatable bonds is 11. The van der Waals surface area contributed by atoms with Gasteiger partial charge in [-0.05, 0) is 98.7 Å². The minimum absolute atomic E-state index is 0.152. The van der Waals surface area contributed by atoms with Crippen molar-refractivity contribution in [3.63, 3.8) is 0 Å². The second kappa shape index (κ2) is 12.1. The van der Waals surface area contributed by atoms with E-state index in [1.54, 1.807) is 28.8 Å². The fraction of sp³-hybridized carbons (Fsp3) is 0.226. The molecule has 216 valence electrons. The largest absolute Gasteiger partial charge is 0.497 e. The number of ether oxygens (including phenoxy) is 2. The number of pyridine rings is 1. The molecule has 2 aromatic heterocycles. The Hall–Kier alpha value is -4.61. The number of likely N-dealkylation sites (tertiary alicyclic amines) is 1. The summed E-state index contributed by atoms with van der Waals surface area (Å²) in [5.74, 6) is 1.89. The van der Waals surface area contributed by atoms with Gasteiger partial charge in [-0.3, -0.25) is 9.62 Å². The number of hydrogen-bond donors (Lipinski definition) is 2. The summed E-state index contributed by atoms with van der Waals surface area (Å²) in [7, 11) is -2.21. The number of benzene rings is 3. The third-order valence-corrected chi connectivity index (χ3v) is 8.54. The van der Waals surface area contributed by atoms with Crippen molar-refractivity contribution >= 4 is 33.0 Å². The summed E-state index contributed by atoms with van der Waals surface area (Å²) in [6, 6.07) is 26.9. The zero-order valence-corrected chi connectivity index (χ0v) is 24.0. The van der Waals surface area contributed by atoms with Gasteiger partial charge in [-0.25, -0.2) is 12.9 Å². The lowest BCUT2D eigenvalue weighted by atomic mass is 10.1. The number of sulfonamides is 1. The van der Waals surface area contributed by atoms with Crippen LogP contribution in [0.5, 0.6) is 11.5 Å². The SMILES string of the molecule is COc1ccc(S(=O)(=O)Nc2ccc(-c3cccc4nc(Nc5ccc(OCCN6CCCC6)cc5)nn34)cc2)cc1. The Morgan fingerprint density at radius 1 is 0.833 bits per heavy atom. The molecular weight excluding hydrogens is 552 g/mol. The summed E-state index contributed by atoms with van der Waals surface area (Å²) >= 11 is 0. The maximum absolute atomic E-state index is 12.8. The lowest BCUT2D eigenvalue weighted by Gasteiger charge is -2.15. The first kappa shape index (κ1) is 27.6. The summed E-state index contributed by atoms with van der Waals surface area (Å²) < 4.78 is 41.0. The third-order valence-electron chi connectivity index (χ3n) is 7.15. The summed E-state index contributed by atoms with van der Waals surface area (Å²) in [6.45, 7) is 3.96. The van der Waals surface area contributed by atoms with Crippen molar-refractivity contribution < 1.29 is 17.9 Å². The average molecular weight is 585 g/mol. The van der Waals surface area contributed by atoms with Crippen molar-refractivity contribution in [1.29, 1.82) is 0 Å². The van der Waals surface area contributed by atoms with Crippen LogP contribution in [0.15, 0.2) is 95.9 Å². The Balaban J connectivity index is 1.12. The third kappa shape index (κ3) is 6.32. The first-order chi connectivity index (χ1) is 20.5. The van der Waals surface area contributed by atoms with Gasteiger partial charge >= 0.3 is 0 Å². The average Bonchev–Trinajstić information content (AvgIpc) is 3.68. The van der Waals surface area contributed by atoms with Gasteiger partial charge < -0.3 is 14.8 Å². The van der Waals surface area contributed by atoms with Crippen LogP contribution in [0.4, 0.5) is 17.3 Å². The Kier molecular flexibility index (Phi) is 7.93. The predicted octanol–water partition coefficient (Wildman–Crippen LogP) is 5.42. The molecule has 0 radical (unpaired) electrons. The quantitative estimate of drug-likeness (QED) is 0.212. The number of nitrogens with zero attached hydrogens (tertiary/aromatic N) is 4. The molecule has 1 fully saturated rings. The number of anilines is 3. The van der Waals surface area contributed by atoms with Crippen LogP contribution in [0.1, 0.15) is 12.8 Å². The summed E-state index contributed by atoms with van der Waals surface area (Å²) in [5, 5.41) is 7.94. The maximum Gasteiger partial charge on any atom is 0.261 e. The Morgan fingerprint density at radius 2 is 1.52 bits per heavy atom. The normalized spacial score (nSPS) is 13.7. The van der Waals surface area contributed by atoms with Crippen LogP contribution < -0.4 is 19.5 Å². The fourth-order valence-electron chi connectivity index (χ4n) is 4.92. The number of methoxy groups -OCH3 is 1. The van der Waals surface area contributed by atoms with Gasteiger partial charge in [0.25, 0.3) is 10.0 Å². The lowest BCUT2D eigenvalue weighted by molar-refractivity contribution is 0.238. The summed E-state index contributed by atoms with van der Waals surface area (Å²) in [5.41, 5.74) is 3.67. The second-order valence-corrected chi connectivity index (χ2v) is 11.7. The molecule has 11 heteroatoms. The highest BCUT2D eigenvalue weighted by Gasteiger charge is 2.15. The highest BCUT2D eigenvalue weighted by molar-refractivity contribution is 7.92. The summed E-state index contributed by atoms with van der Waals surface area (Å²) in [6.07, 6.45) is 2.56. The van der Waals surface area contributed by atoms with E-state index in [0.717, 1.165) is 42.3 Å². The van der Waals surface area contributed by atoms with Gasteiger partial charge in [0.1, 0.15) is 18.1 Å². The van der Waals surface area contributed by atoms with Gasteiger partial charge in [-0.1, -0.05) is 18.2 Å². The summed E-state index contributed by atoms with van der Waals surface area (Å²) in [4.78, 5) is 7.21. The van der Waals surface area contributed by atoms with E-state index in [1.165, 1.54) is 32.1 Å². The molecule has 6 rings (SSSR count). The molecule has 5 aromatic rings. The molecular formula is C31H32N6O4S. The minimum atomic E-state index is -3.74. The molecule has 0 spiro atoms. The Morgan fingerprint density at radius 3 is 2.24 bits per heavy atom. The number of hydrogen-bond acceptors (Lipinski definition) is 8. The highest BCUT2D eigenvalue weighted by Crippen LogP contribution is 2.26. The standard InChI is InChI=1S/C31H32N6O4S/c1-40-26-15-17-28(18-16-26)42(38,39)35-25-9-7-23(8-10-25)29-5-4-6-30-33-31(34-37(29)30)32-24-11-13-27(14-12-24)41-22-21-36-19-2-3-20-36/h4-18,35H,2-3,19-22H2,1H3,(H,32,34). The van der Waals surface area contributed by atoms with Gasteiger partial charge in [-0.15, -0.1) is 5.10 Å². The van der Waals surface area contributed by atoms with Crippen LogP contribution in [0.3, 0.4) is 0 Å². The minimum Gasteiger partial charge on any atom is -0.497 e. The van der Waals surface area contributed by atoms with Crippen LogP contribution in [0.2, 0.25) is 0 Å². The van der Waals surface area contributed by atoms with E-state index in [-0.39, 0.29) is 4.90 Å². The van der Waals surface area contributed by atoms with Gasteiger partial charge in [0.15, 0.2) is 5.65 Å². The van der Waals surface area contributed by atoms with Gasteiger partial charge in [-0.2, -0.15) is 4.98 Å². The highest BCUT2D eigenvalue weighted by atomic mass is 32.2. The molecule has 0 bridgehead atoms. The van der Waals surface area contributed by atoms with Crippen molar-refractivity contribution in [2.45, 2.75) is 17.7 Å². The Bertz CT molecular complexity index is 1750. The topological polar surface area (TPSA) is 110 Å². The molecule has 1 aliphatic rings. The van der Waals surface area contributed by atoms with Crippen molar-refractivity contribution in [1.82, 2.24) is 19.5 Å². The first-order valence-corrected chi connectivity index (χ1v) is 15.3. The van der Waals surface area contributed by atoms with Crippen molar-refractivity contribution in [3.8, 4) is 22.8 Å². The van der Waals surface area contributed by atoms with E-state index >= 15 is 0 Å². The van der Waals surface area contributed by atoms with Crippen molar-refractivity contribution in [3.05, 3.63) is 91.0 Å². The monoisotopic (exact) mass is 584 g/mol. The second-order valence-electron chi connectivity index (χ2n) is 10.0. The molecule has 3 heterocycles. The van der Waals surface area contributed by atoms with Crippen molar-refractivity contribution in [2.24, 2.45) is 0 Å². The smallest absolute Gasteiger partial charge is 0.261 e. The first-order valence-electron chi connectivity index (χ1n) is 13.8. The van der Waals surface area contributed by atoms with Crippen LogP contribution in [-0.4, -0.2) is 61.3 Å². The molecule has 3 aromatic carbocycles. The molecule has 0 saturated carbocycles. The lowest BCUT2D eigenvalue weighted by Crippen LogP contribution is -2.25. The zero-order valence-electron chi connectivity index (χ0n) is 23.2. The van der Waals surface area contributed by atoms with E-state index in [9.17, 15) is 8.42 Å². The molecule has 2 N–H and O–H groups in total. The number of aromatic nitrogens is 3. The van der Waals surface area contributed by atoms with E-state index in [2.05, 4.69) is 25.0 Å². The van der Waals surface area contributed by atoms with Crippen LogP contribution in [-0.2, 0) is 10.0 Å². The van der Waals surface area contributed by atoms with Gasteiger partial charge in [0.05, 0.1) is 17.7 Å². The molecule has 0 atom stereocenters. The van der Waals surface area contributed by atoms with Crippen LogP contribution in [0, 0.1) is 0 Å². The van der Waals surface area contributed by atoms with E-state index in [4.69, 9.17) is 9.47 Å². The molecule has 0 amide bonds. The zero-order chi connectivity index (χ0) is 28.9. The molecule has 0 aliphatic carbocycles. The molecule has 1 saturated heterocycles. The van der Waals surface area contributed by atoms with E-state index < -0.39 is 10.0 Å². The molecule has 0 unspecified atom stereocenters. The predicted molar refractivity (Wildman–Crippen MR) is 163 cm³/mol. The number of fused-ring (bicyclic) bond motifs is 1. The molecule has 10 nitrogen and oxygen atoms in total. The maximum atomic E-state index is 12.8. The van der Waals surface area contributed by atoms with Crippen molar-refractivity contribution in [2.75, 3.05) is 43.4 Å². The Labute approximate surface area is 245 Å². The molecule has 42 heavy (non-hydrogen) atoms. The van der Waals surface area contributed by atoms with Gasteiger partial charge in [0, 0.05) is 23.5 Å². The fourth-order valence-corrected chi connectivity index (χ4v) is 5.98. The molecule has 1 aliphatic heterocycles. The van der Waals surface area contributed by atoms with Crippen LogP contribution >= 0.6 is 0 Å². The van der Waals surface area contributed by atoms with Gasteiger partial charge in [0.2, 0.25) is 5.95 Å². The number of nitrogens with one attached hydrogen (secondary N) is 2.